The summed E-state index contributed by atoms with van der Waals surface area (Å²) in [5, 5.41) is 10.9. The Balaban J connectivity index is 2.62. The summed E-state index contributed by atoms with van der Waals surface area (Å²) in [7, 11) is 0. The van der Waals surface area contributed by atoms with Gasteiger partial charge in [0.05, 0.1) is 6.61 Å². The third-order valence-corrected chi connectivity index (χ3v) is 2.17. The van der Waals surface area contributed by atoms with E-state index in [1.165, 1.54) is 0 Å². The van der Waals surface area contributed by atoms with E-state index < -0.39 is 36.3 Å². The Morgan fingerprint density at radius 2 is 2.10 bits per heavy atom. The van der Waals surface area contributed by atoms with Crippen LogP contribution in [0.15, 0.2) is 18.2 Å². The van der Waals surface area contributed by atoms with Gasteiger partial charge in [0.1, 0.15) is 12.4 Å². The number of halogens is 2. The molecule has 1 amide bonds. The van der Waals surface area contributed by atoms with Crippen LogP contribution in [0.3, 0.4) is 0 Å². The second kappa shape index (κ2) is 7.27. The van der Waals surface area contributed by atoms with Gasteiger partial charge < -0.3 is 19.9 Å². The maximum absolute atomic E-state index is 13.3. The molecule has 0 aliphatic heterocycles. The minimum atomic E-state index is -1.42. The molecule has 0 aromatic heterocycles. The van der Waals surface area contributed by atoms with Crippen LogP contribution in [0.2, 0.25) is 0 Å². The fourth-order valence-electron chi connectivity index (χ4n) is 1.26. The van der Waals surface area contributed by atoms with E-state index in [2.05, 4.69) is 4.74 Å². The van der Waals surface area contributed by atoms with Crippen molar-refractivity contribution in [3.8, 4) is 5.75 Å². The Labute approximate surface area is 113 Å². The van der Waals surface area contributed by atoms with E-state index in [0.29, 0.717) is 6.07 Å². The average Bonchev–Trinajstić information content (AvgIpc) is 2.36. The van der Waals surface area contributed by atoms with Crippen LogP contribution in [0.25, 0.3) is 0 Å². The normalized spacial score (nSPS) is 11.6. The smallest absolute Gasteiger partial charge is 0.407 e. The van der Waals surface area contributed by atoms with Gasteiger partial charge in [0.25, 0.3) is 0 Å². The number of carboxylic acid groups (broad SMARTS) is 1. The zero-order chi connectivity index (χ0) is 15.1. The van der Waals surface area contributed by atoms with E-state index in [9.17, 15) is 18.4 Å². The first kappa shape index (κ1) is 15.7. The van der Waals surface area contributed by atoms with E-state index in [-0.39, 0.29) is 12.4 Å². The summed E-state index contributed by atoms with van der Waals surface area (Å²) in [6.45, 7) is 1.10. The highest BCUT2D eigenvalue weighted by Gasteiger charge is 2.22. The van der Waals surface area contributed by atoms with Gasteiger partial charge in [-0.05, 0) is 19.1 Å². The highest BCUT2D eigenvalue weighted by molar-refractivity contribution is 5.80. The first-order chi connectivity index (χ1) is 9.43. The number of alkyl carbamates (subject to hydrolysis) is 1. The van der Waals surface area contributed by atoms with Crippen molar-refractivity contribution in [2.45, 2.75) is 13.0 Å². The Bertz CT molecular complexity index is 495. The topological polar surface area (TPSA) is 84.9 Å². The molecule has 0 bridgehead atoms. The van der Waals surface area contributed by atoms with E-state index in [1.54, 1.807) is 6.92 Å². The van der Waals surface area contributed by atoms with Gasteiger partial charge in [0.15, 0.2) is 17.6 Å². The summed E-state index contributed by atoms with van der Waals surface area (Å²) in [6, 6.07) is 1.17. The number of hydrogen-bond donors (Lipinski definition) is 2. The number of carboxylic acids is 1. The molecule has 0 spiro atoms. The molecule has 0 heterocycles. The van der Waals surface area contributed by atoms with Gasteiger partial charge in [0.2, 0.25) is 0 Å². The molecular formula is C12H13F2NO5. The first-order valence-electron chi connectivity index (χ1n) is 5.68. The third-order valence-electron chi connectivity index (χ3n) is 2.17. The summed E-state index contributed by atoms with van der Waals surface area (Å²) in [6.07, 6.45) is -0.928. The minimum Gasteiger partial charge on any atom is -0.488 e. The average molecular weight is 289 g/mol. The van der Waals surface area contributed by atoms with Crippen LogP contribution >= 0.6 is 0 Å². The Kier molecular flexibility index (Phi) is 5.70. The number of hydrogen-bond acceptors (Lipinski definition) is 4. The van der Waals surface area contributed by atoms with Crippen LogP contribution in [-0.2, 0) is 9.53 Å². The Morgan fingerprint density at radius 1 is 1.40 bits per heavy atom. The number of carbonyl (C=O) groups is 2. The van der Waals surface area contributed by atoms with Crippen molar-refractivity contribution in [2.24, 2.45) is 0 Å². The molecule has 20 heavy (non-hydrogen) atoms. The molecular weight excluding hydrogens is 276 g/mol. The monoisotopic (exact) mass is 289 g/mol. The van der Waals surface area contributed by atoms with Crippen LogP contribution in [0, 0.1) is 11.6 Å². The van der Waals surface area contributed by atoms with Gasteiger partial charge in [-0.2, -0.15) is 0 Å². The number of benzene rings is 1. The fraction of sp³-hybridized carbons (Fsp3) is 0.333. The summed E-state index contributed by atoms with van der Waals surface area (Å²) < 4.78 is 35.4. The summed E-state index contributed by atoms with van der Waals surface area (Å²) >= 11 is 0. The Morgan fingerprint density at radius 3 is 2.65 bits per heavy atom. The lowest BCUT2D eigenvalue weighted by molar-refractivity contribution is -0.140. The summed E-state index contributed by atoms with van der Waals surface area (Å²) in [5.41, 5.74) is 0. The molecule has 1 aromatic carbocycles. The maximum atomic E-state index is 13.3. The molecule has 2 N–H and O–H groups in total. The van der Waals surface area contributed by atoms with Crippen molar-refractivity contribution in [1.29, 1.82) is 0 Å². The lowest BCUT2D eigenvalue weighted by atomic mass is 10.3. The SMILES string of the molecule is CCOC(=O)N[C@H](COc1ccc(F)cc1F)C(=O)O. The molecule has 110 valence electrons. The molecule has 0 aliphatic rings. The second-order valence-corrected chi connectivity index (χ2v) is 3.64. The van der Waals surface area contributed by atoms with Crippen molar-refractivity contribution in [3.63, 3.8) is 0 Å². The van der Waals surface area contributed by atoms with Crippen LogP contribution in [0.5, 0.6) is 5.75 Å². The molecule has 0 saturated carbocycles. The number of ether oxygens (including phenoxy) is 2. The molecule has 8 heteroatoms. The number of rotatable bonds is 6. The fourth-order valence-corrected chi connectivity index (χ4v) is 1.26. The van der Waals surface area contributed by atoms with Crippen LogP contribution in [-0.4, -0.2) is 36.4 Å². The number of amides is 1. The van der Waals surface area contributed by atoms with Crippen molar-refractivity contribution >= 4 is 12.1 Å². The highest BCUT2D eigenvalue weighted by Crippen LogP contribution is 2.17. The Hall–Kier alpha value is -2.38. The van der Waals surface area contributed by atoms with E-state index >= 15 is 0 Å². The van der Waals surface area contributed by atoms with Gasteiger partial charge in [0, 0.05) is 6.07 Å². The molecule has 0 radical (unpaired) electrons. The van der Waals surface area contributed by atoms with Crippen molar-refractivity contribution < 1.29 is 33.0 Å². The number of aliphatic carboxylic acids is 1. The zero-order valence-electron chi connectivity index (χ0n) is 10.6. The molecule has 0 unspecified atom stereocenters. The third kappa shape index (κ3) is 4.71. The number of carbonyl (C=O) groups excluding carboxylic acids is 1. The van der Waals surface area contributed by atoms with E-state index in [1.807, 2.05) is 5.32 Å². The molecule has 6 nitrogen and oxygen atoms in total. The molecule has 0 aliphatic carbocycles. The minimum absolute atomic E-state index is 0.0750. The highest BCUT2D eigenvalue weighted by atomic mass is 19.1. The van der Waals surface area contributed by atoms with Gasteiger partial charge in [-0.25, -0.2) is 18.4 Å². The predicted molar refractivity (Wildman–Crippen MR) is 63.4 cm³/mol. The van der Waals surface area contributed by atoms with Crippen molar-refractivity contribution in [1.82, 2.24) is 5.32 Å². The zero-order valence-corrected chi connectivity index (χ0v) is 10.6. The largest absolute Gasteiger partial charge is 0.488 e. The molecule has 1 rings (SSSR count). The van der Waals surface area contributed by atoms with Crippen molar-refractivity contribution in [3.05, 3.63) is 29.8 Å². The molecule has 1 atom stereocenters. The van der Waals surface area contributed by atoms with Crippen LogP contribution in [0.1, 0.15) is 6.92 Å². The maximum Gasteiger partial charge on any atom is 0.407 e. The van der Waals surface area contributed by atoms with E-state index in [0.717, 1.165) is 12.1 Å². The van der Waals surface area contributed by atoms with E-state index in [4.69, 9.17) is 9.84 Å². The van der Waals surface area contributed by atoms with Crippen molar-refractivity contribution in [2.75, 3.05) is 13.2 Å². The summed E-state index contributed by atoms with van der Waals surface area (Å²) in [5.74, 6) is -3.44. The second-order valence-electron chi connectivity index (χ2n) is 3.64. The molecule has 0 fully saturated rings. The lowest BCUT2D eigenvalue weighted by Crippen LogP contribution is -2.45. The quantitative estimate of drug-likeness (QED) is 0.829. The van der Waals surface area contributed by atoms with Crippen LogP contribution < -0.4 is 10.1 Å². The molecule has 1 aromatic rings. The lowest BCUT2D eigenvalue weighted by Gasteiger charge is -2.15. The van der Waals surface area contributed by atoms with Crippen LogP contribution in [0.4, 0.5) is 13.6 Å². The number of nitrogens with one attached hydrogen (secondary N) is 1. The first-order valence-corrected chi connectivity index (χ1v) is 5.68. The van der Waals surface area contributed by atoms with Gasteiger partial charge in [-0.15, -0.1) is 0 Å². The van der Waals surface area contributed by atoms with Gasteiger partial charge in [-0.3, -0.25) is 0 Å². The standard InChI is InChI=1S/C12H13F2NO5/c1-2-19-12(18)15-9(11(16)17)6-20-10-4-3-7(13)5-8(10)14/h3-5,9H,2,6H2,1H3,(H,15,18)(H,16,17)/t9-/m1/s1. The van der Waals surface area contributed by atoms with Gasteiger partial charge >= 0.3 is 12.1 Å². The summed E-state index contributed by atoms with van der Waals surface area (Å²) in [4.78, 5) is 22.0. The molecule has 0 saturated heterocycles. The van der Waals surface area contributed by atoms with Gasteiger partial charge in [-0.1, -0.05) is 0 Å². The predicted octanol–water partition coefficient (Wildman–Crippen LogP) is 1.54.